The molecule has 0 aliphatic carbocycles. The molecule has 194 valence electrons. The molecular weight excluding hydrogens is 473 g/mol. The molecule has 0 bridgehead atoms. The van der Waals surface area contributed by atoms with Crippen LogP contribution in [-0.2, 0) is 17.8 Å². The highest BCUT2D eigenvalue weighted by Gasteiger charge is 2.31. The summed E-state index contributed by atoms with van der Waals surface area (Å²) in [5.74, 6) is -0.139. The zero-order chi connectivity index (χ0) is 26.2. The Morgan fingerprint density at radius 3 is 1.76 bits per heavy atom. The maximum atomic E-state index is 13.8. The number of piperazine rings is 1. The molecule has 1 unspecified atom stereocenters. The lowest BCUT2D eigenvalue weighted by molar-refractivity contribution is -0.135. The second kappa shape index (κ2) is 12.6. The standard InChI is InChI=1S/C33H34FN3O/c34-30-18-16-27(17-19-30)25-35-31(24-26-10-4-1-5-11-26)33(38)37-22-20-36(21-23-37)32(28-12-6-2-7-13-28)29-14-8-3-9-15-29/h1-19,31-32,35H,20-25H2. The van der Waals surface area contributed by atoms with Crippen LogP contribution in [0.3, 0.4) is 0 Å². The van der Waals surface area contributed by atoms with Gasteiger partial charge in [0, 0.05) is 32.7 Å². The molecule has 5 rings (SSSR count). The summed E-state index contributed by atoms with van der Waals surface area (Å²) in [7, 11) is 0. The van der Waals surface area contributed by atoms with Gasteiger partial charge < -0.3 is 10.2 Å². The number of rotatable bonds is 9. The van der Waals surface area contributed by atoms with Crippen LogP contribution in [0, 0.1) is 5.82 Å². The first kappa shape index (κ1) is 25.8. The van der Waals surface area contributed by atoms with Crippen molar-refractivity contribution >= 4 is 5.91 Å². The summed E-state index contributed by atoms with van der Waals surface area (Å²) in [6.45, 7) is 3.47. The van der Waals surface area contributed by atoms with E-state index < -0.39 is 0 Å². The number of nitrogens with one attached hydrogen (secondary N) is 1. The van der Waals surface area contributed by atoms with Crippen LogP contribution >= 0.6 is 0 Å². The van der Waals surface area contributed by atoms with Crippen molar-refractivity contribution < 1.29 is 9.18 Å². The molecule has 1 amide bonds. The monoisotopic (exact) mass is 507 g/mol. The Hall–Kier alpha value is -3.80. The van der Waals surface area contributed by atoms with Crippen molar-refractivity contribution in [3.8, 4) is 0 Å². The van der Waals surface area contributed by atoms with Crippen molar-refractivity contribution in [2.24, 2.45) is 0 Å². The minimum absolute atomic E-state index is 0.117. The lowest BCUT2D eigenvalue weighted by Crippen LogP contribution is -2.55. The van der Waals surface area contributed by atoms with Gasteiger partial charge in [-0.2, -0.15) is 0 Å². The van der Waals surface area contributed by atoms with E-state index in [4.69, 9.17) is 0 Å². The number of carbonyl (C=O) groups is 1. The van der Waals surface area contributed by atoms with Gasteiger partial charge in [-0.05, 0) is 40.8 Å². The van der Waals surface area contributed by atoms with Crippen LogP contribution in [0.1, 0.15) is 28.3 Å². The molecular formula is C33H34FN3O. The van der Waals surface area contributed by atoms with E-state index in [2.05, 4.69) is 70.9 Å². The largest absolute Gasteiger partial charge is 0.339 e. The van der Waals surface area contributed by atoms with Gasteiger partial charge >= 0.3 is 0 Å². The van der Waals surface area contributed by atoms with Crippen LogP contribution in [0.25, 0.3) is 0 Å². The fraction of sp³-hybridized carbons (Fsp3) is 0.242. The van der Waals surface area contributed by atoms with E-state index in [0.717, 1.165) is 24.2 Å². The van der Waals surface area contributed by atoms with Gasteiger partial charge in [-0.1, -0.05) is 103 Å². The normalized spacial score (nSPS) is 14.9. The third kappa shape index (κ3) is 6.55. The molecule has 1 aliphatic heterocycles. The zero-order valence-electron chi connectivity index (χ0n) is 21.5. The summed E-state index contributed by atoms with van der Waals surface area (Å²) >= 11 is 0. The predicted octanol–water partition coefficient (Wildman–Crippen LogP) is 5.46. The van der Waals surface area contributed by atoms with Crippen molar-refractivity contribution in [3.05, 3.63) is 143 Å². The molecule has 0 aromatic heterocycles. The third-order valence-electron chi connectivity index (χ3n) is 7.27. The minimum Gasteiger partial charge on any atom is -0.339 e. The van der Waals surface area contributed by atoms with Crippen LogP contribution in [0.5, 0.6) is 0 Å². The van der Waals surface area contributed by atoms with Crippen LogP contribution in [0.2, 0.25) is 0 Å². The Labute approximate surface area is 224 Å². The number of hydrogen-bond acceptors (Lipinski definition) is 3. The molecule has 1 heterocycles. The van der Waals surface area contributed by atoms with Gasteiger partial charge in [0.25, 0.3) is 0 Å². The lowest BCUT2D eigenvalue weighted by Gasteiger charge is -2.40. The Kier molecular flexibility index (Phi) is 8.59. The van der Waals surface area contributed by atoms with E-state index in [-0.39, 0.29) is 23.8 Å². The molecule has 1 N–H and O–H groups in total. The maximum Gasteiger partial charge on any atom is 0.240 e. The smallest absolute Gasteiger partial charge is 0.240 e. The Bertz CT molecular complexity index is 1230. The van der Waals surface area contributed by atoms with Crippen molar-refractivity contribution in [2.75, 3.05) is 26.2 Å². The van der Waals surface area contributed by atoms with E-state index >= 15 is 0 Å². The summed E-state index contributed by atoms with van der Waals surface area (Å²) in [6.07, 6.45) is 0.609. The molecule has 5 heteroatoms. The van der Waals surface area contributed by atoms with Gasteiger partial charge in [0.15, 0.2) is 0 Å². The van der Waals surface area contributed by atoms with Crippen molar-refractivity contribution in [2.45, 2.75) is 25.0 Å². The highest BCUT2D eigenvalue weighted by molar-refractivity contribution is 5.82. The molecule has 38 heavy (non-hydrogen) atoms. The second-order valence-electron chi connectivity index (χ2n) is 9.83. The fourth-order valence-electron chi connectivity index (χ4n) is 5.25. The third-order valence-corrected chi connectivity index (χ3v) is 7.27. The van der Waals surface area contributed by atoms with Crippen LogP contribution in [-0.4, -0.2) is 47.9 Å². The van der Waals surface area contributed by atoms with Gasteiger partial charge in [0.05, 0.1) is 12.1 Å². The lowest BCUT2D eigenvalue weighted by atomic mass is 9.96. The number of hydrogen-bond donors (Lipinski definition) is 1. The maximum absolute atomic E-state index is 13.8. The van der Waals surface area contributed by atoms with Crippen LogP contribution in [0.15, 0.2) is 115 Å². The fourth-order valence-corrected chi connectivity index (χ4v) is 5.25. The highest BCUT2D eigenvalue weighted by atomic mass is 19.1. The molecule has 4 aromatic carbocycles. The summed E-state index contributed by atoms with van der Waals surface area (Å²) in [5, 5.41) is 3.46. The quantitative estimate of drug-likeness (QED) is 0.327. The Balaban J connectivity index is 1.28. The minimum atomic E-state index is -0.354. The van der Waals surface area contributed by atoms with E-state index in [1.807, 2.05) is 35.2 Å². The summed E-state index contributed by atoms with van der Waals surface area (Å²) in [5.41, 5.74) is 4.60. The van der Waals surface area contributed by atoms with Crippen LogP contribution < -0.4 is 5.32 Å². The number of halogens is 1. The highest BCUT2D eigenvalue weighted by Crippen LogP contribution is 2.29. The second-order valence-corrected chi connectivity index (χ2v) is 9.83. The van der Waals surface area contributed by atoms with Crippen molar-refractivity contribution in [3.63, 3.8) is 0 Å². The molecule has 0 saturated carbocycles. The van der Waals surface area contributed by atoms with Gasteiger partial charge in [-0.15, -0.1) is 0 Å². The van der Waals surface area contributed by atoms with Gasteiger partial charge in [0.1, 0.15) is 5.82 Å². The first-order chi connectivity index (χ1) is 18.7. The van der Waals surface area contributed by atoms with Crippen molar-refractivity contribution in [1.82, 2.24) is 15.1 Å². The first-order valence-corrected chi connectivity index (χ1v) is 13.3. The average Bonchev–Trinajstić information content (AvgIpc) is 2.98. The van der Waals surface area contributed by atoms with Crippen LogP contribution in [0.4, 0.5) is 4.39 Å². The zero-order valence-corrected chi connectivity index (χ0v) is 21.5. The van der Waals surface area contributed by atoms with E-state index in [1.165, 1.54) is 23.3 Å². The van der Waals surface area contributed by atoms with Gasteiger partial charge in [-0.3, -0.25) is 9.69 Å². The van der Waals surface area contributed by atoms with E-state index in [1.54, 1.807) is 12.1 Å². The van der Waals surface area contributed by atoms with E-state index in [9.17, 15) is 9.18 Å². The summed E-state index contributed by atoms with van der Waals surface area (Å²) in [6, 6.07) is 37.6. The molecule has 1 atom stereocenters. The summed E-state index contributed by atoms with van der Waals surface area (Å²) < 4.78 is 13.4. The van der Waals surface area contributed by atoms with Crippen molar-refractivity contribution in [1.29, 1.82) is 0 Å². The molecule has 4 aromatic rings. The molecule has 1 saturated heterocycles. The number of amides is 1. The molecule has 4 nitrogen and oxygen atoms in total. The molecule has 1 aliphatic rings. The van der Waals surface area contributed by atoms with Gasteiger partial charge in [-0.25, -0.2) is 4.39 Å². The SMILES string of the molecule is O=C(C(Cc1ccccc1)NCc1ccc(F)cc1)N1CCN(C(c2ccccc2)c2ccccc2)CC1. The average molecular weight is 508 g/mol. The Morgan fingerprint density at radius 2 is 1.21 bits per heavy atom. The molecule has 0 spiro atoms. The number of benzene rings is 4. The Morgan fingerprint density at radius 1 is 0.684 bits per heavy atom. The number of nitrogens with zero attached hydrogens (tertiary/aromatic N) is 2. The van der Waals surface area contributed by atoms with Gasteiger partial charge in [0.2, 0.25) is 5.91 Å². The van der Waals surface area contributed by atoms with E-state index in [0.29, 0.717) is 26.1 Å². The topological polar surface area (TPSA) is 35.6 Å². The molecule has 0 radical (unpaired) electrons. The summed E-state index contributed by atoms with van der Waals surface area (Å²) in [4.78, 5) is 18.3. The first-order valence-electron chi connectivity index (χ1n) is 13.3. The molecule has 1 fully saturated rings. The predicted molar refractivity (Wildman–Crippen MR) is 150 cm³/mol. The number of carbonyl (C=O) groups excluding carboxylic acids is 1.